The van der Waals surface area contributed by atoms with Crippen molar-refractivity contribution >= 4 is 5.82 Å². The minimum atomic E-state index is 0.372. The average molecular weight is 269 g/mol. The molecule has 0 saturated carbocycles. The van der Waals surface area contributed by atoms with Crippen LogP contribution in [0.25, 0.3) is 23.0 Å². The molecule has 0 amide bonds. The Bertz CT molecular complexity index is 711. The van der Waals surface area contributed by atoms with Gasteiger partial charge in [0.15, 0.2) is 0 Å². The predicted octanol–water partition coefficient (Wildman–Crippen LogP) is 2.83. The molecule has 1 aromatic carbocycles. The Labute approximate surface area is 116 Å². The summed E-state index contributed by atoms with van der Waals surface area (Å²) in [6.07, 6.45) is 0. The molecule has 3 rings (SSSR count). The molecule has 6 nitrogen and oxygen atoms in total. The van der Waals surface area contributed by atoms with E-state index in [1.165, 1.54) is 5.56 Å². The fourth-order valence-electron chi connectivity index (χ4n) is 1.91. The summed E-state index contributed by atoms with van der Waals surface area (Å²) in [5.41, 5.74) is 8.35. The fourth-order valence-corrected chi connectivity index (χ4v) is 1.91. The van der Waals surface area contributed by atoms with Crippen molar-refractivity contribution in [1.82, 2.24) is 20.3 Å². The molecule has 20 heavy (non-hydrogen) atoms. The Morgan fingerprint density at radius 1 is 1.20 bits per heavy atom. The smallest absolute Gasteiger partial charge is 0.276 e. The minimum absolute atomic E-state index is 0.372. The maximum atomic E-state index is 5.55. The van der Waals surface area contributed by atoms with E-state index in [-0.39, 0.29) is 0 Å². The second-order valence-corrected chi connectivity index (χ2v) is 4.91. The first-order chi connectivity index (χ1) is 9.63. The maximum absolute atomic E-state index is 5.55. The summed E-state index contributed by atoms with van der Waals surface area (Å²) < 4.78 is 5.21. The van der Waals surface area contributed by atoms with Crippen LogP contribution < -0.4 is 5.73 Å². The van der Waals surface area contributed by atoms with Crippen LogP contribution in [-0.2, 0) is 0 Å². The van der Waals surface area contributed by atoms with E-state index in [0.717, 1.165) is 5.56 Å². The van der Waals surface area contributed by atoms with Gasteiger partial charge in [0.1, 0.15) is 11.5 Å². The Morgan fingerprint density at radius 2 is 1.95 bits per heavy atom. The molecule has 0 spiro atoms. The number of nitrogens with two attached hydrogens (primary N) is 1. The van der Waals surface area contributed by atoms with E-state index in [4.69, 9.17) is 10.3 Å². The van der Waals surface area contributed by atoms with Gasteiger partial charge >= 0.3 is 0 Å². The van der Waals surface area contributed by atoms with Crippen LogP contribution in [-0.4, -0.2) is 20.3 Å². The van der Waals surface area contributed by atoms with Gasteiger partial charge in [-0.2, -0.15) is 10.1 Å². The Balaban J connectivity index is 1.90. The topological polar surface area (TPSA) is 93.6 Å². The fraction of sp³-hybridized carbons (Fsp3) is 0.214. The van der Waals surface area contributed by atoms with Crippen molar-refractivity contribution in [3.63, 3.8) is 0 Å². The molecule has 0 saturated heterocycles. The molecule has 2 heterocycles. The number of hydrogen-bond donors (Lipinski definition) is 2. The zero-order valence-corrected chi connectivity index (χ0v) is 11.3. The van der Waals surface area contributed by atoms with E-state index in [9.17, 15) is 0 Å². The van der Waals surface area contributed by atoms with Gasteiger partial charge in [-0.25, -0.2) is 0 Å². The maximum Gasteiger partial charge on any atom is 0.276 e. The third-order valence-electron chi connectivity index (χ3n) is 3.09. The first-order valence-electron chi connectivity index (χ1n) is 6.39. The lowest BCUT2D eigenvalue weighted by Gasteiger charge is -2.04. The van der Waals surface area contributed by atoms with Gasteiger partial charge in [-0.3, -0.25) is 5.10 Å². The number of nitrogen functional groups attached to an aromatic ring is 1. The molecule has 0 aliphatic carbocycles. The first kappa shape index (κ1) is 12.4. The number of benzene rings is 1. The lowest BCUT2D eigenvalue weighted by atomic mass is 10.0. The summed E-state index contributed by atoms with van der Waals surface area (Å²) in [7, 11) is 0. The Hall–Kier alpha value is -2.63. The molecule has 2 aromatic heterocycles. The second-order valence-electron chi connectivity index (χ2n) is 4.91. The monoisotopic (exact) mass is 269 g/mol. The molecule has 0 radical (unpaired) electrons. The number of nitrogens with one attached hydrogen (secondary N) is 1. The summed E-state index contributed by atoms with van der Waals surface area (Å²) in [5.74, 6) is 1.81. The van der Waals surface area contributed by atoms with Crippen LogP contribution >= 0.6 is 0 Å². The molecule has 102 valence electrons. The lowest BCUT2D eigenvalue weighted by molar-refractivity contribution is 0.431. The van der Waals surface area contributed by atoms with Crippen LogP contribution in [0.4, 0.5) is 5.82 Å². The van der Waals surface area contributed by atoms with E-state index >= 15 is 0 Å². The molecule has 0 unspecified atom stereocenters. The zero-order chi connectivity index (χ0) is 14.1. The highest BCUT2D eigenvalue weighted by Gasteiger charge is 2.12. The summed E-state index contributed by atoms with van der Waals surface area (Å²) in [4.78, 5) is 4.33. The van der Waals surface area contributed by atoms with Gasteiger partial charge in [0.2, 0.25) is 5.82 Å². The molecule has 0 bridgehead atoms. The van der Waals surface area contributed by atoms with Crippen molar-refractivity contribution < 1.29 is 4.52 Å². The normalized spacial score (nSPS) is 11.2. The summed E-state index contributed by atoms with van der Waals surface area (Å²) >= 11 is 0. The molecular formula is C14H15N5O. The SMILES string of the molecule is CC(C)c1ccc(-c2noc(-c3cc(N)n[nH]3)n2)cc1. The molecule has 0 fully saturated rings. The van der Waals surface area contributed by atoms with Gasteiger partial charge < -0.3 is 10.3 Å². The number of rotatable bonds is 3. The highest BCUT2D eigenvalue weighted by molar-refractivity contribution is 5.59. The lowest BCUT2D eigenvalue weighted by Crippen LogP contribution is -1.87. The third-order valence-corrected chi connectivity index (χ3v) is 3.09. The number of H-pyrrole nitrogens is 1. The van der Waals surface area contributed by atoms with E-state index in [1.807, 2.05) is 12.1 Å². The van der Waals surface area contributed by atoms with Gasteiger partial charge in [-0.15, -0.1) is 0 Å². The van der Waals surface area contributed by atoms with Gasteiger partial charge in [0.05, 0.1) is 0 Å². The van der Waals surface area contributed by atoms with Gasteiger partial charge in [0.25, 0.3) is 5.89 Å². The summed E-state index contributed by atoms with van der Waals surface area (Å²) in [6.45, 7) is 4.31. The van der Waals surface area contributed by atoms with Crippen LogP contribution in [0.2, 0.25) is 0 Å². The van der Waals surface area contributed by atoms with E-state index in [0.29, 0.717) is 29.1 Å². The molecule has 3 N–H and O–H groups in total. The summed E-state index contributed by atoms with van der Waals surface area (Å²) in [6, 6.07) is 9.78. The minimum Gasteiger partial charge on any atom is -0.382 e. The number of hydrogen-bond acceptors (Lipinski definition) is 5. The van der Waals surface area contributed by atoms with Gasteiger partial charge in [0, 0.05) is 11.6 Å². The highest BCUT2D eigenvalue weighted by Crippen LogP contribution is 2.23. The summed E-state index contributed by atoms with van der Waals surface area (Å²) in [5, 5.41) is 10.5. The van der Waals surface area contributed by atoms with Crippen molar-refractivity contribution in [1.29, 1.82) is 0 Å². The van der Waals surface area contributed by atoms with Gasteiger partial charge in [-0.05, 0) is 11.5 Å². The molecule has 0 aliphatic heterocycles. The molecule has 3 aromatic rings. The van der Waals surface area contributed by atoms with Crippen molar-refractivity contribution in [2.75, 3.05) is 5.73 Å². The van der Waals surface area contributed by atoms with Crippen molar-refractivity contribution in [2.45, 2.75) is 19.8 Å². The quantitative estimate of drug-likeness (QED) is 0.762. The molecule has 6 heteroatoms. The van der Waals surface area contributed by atoms with Crippen LogP contribution in [0.15, 0.2) is 34.9 Å². The van der Waals surface area contributed by atoms with Crippen molar-refractivity contribution in [3.05, 3.63) is 35.9 Å². The van der Waals surface area contributed by atoms with Crippen LogP contribution in [0.1, 0.15) is 25.3 Å². The molecule has 0 atom stereocenters. The van der Waals surface area contributed by atoms with Crippen LogP contribution in [0, 0.1) is 0 Å². The molecular weight excluding hydrogens is 254 g/mol. The Kier molecular flexibility index (Phi) is 2.98. The number of nitrogens with zero attached hydrogens (tertiary/aromatic N) is 3. The number of aromatic nitrogens is 4. The van der Waals surface area contributed by atoms with E-state index in [1.54, 1.807) is 6.07 Å². The van der Waals surface area contributed by atoms with Crippen molar-refractivity contribution in [3.8, 4) is 23.0 Å². The standard InChI is InChI=1S/C14H15N5O/c1-8(2)9-3-5-10(6-4-9)13-16-14(20-19-13)11-7-12(15)18-17-11/h3-8H,1-2H3,(H3,15,17,18). The predicted molar refractivity (Wildman–Crippen MR) is 75.8 cm³/mol. The van der Waals surface area contributed by atoms with Crippen LogP contribution in [0.3, 0.4) is 0 Å². The van der Waals surface area contributed by atoms with Crippen molar-refractivity contribution in [2.24, 2.45) is 0 Å². The highest BCUT2D eigenvalue weighted by atomic mass is 16.5. The average Bonchev–Trinajstić information content (AvgIpc) is 3.07. The first-order valence-corrected chi connectivity index (χ1v) is 6.39. The molecule has 0 aliphatic rings. The largest absolute Gasteiger partial charge is 0.382 e. The number of anilines is 1. The number of aromatic amines is 1. The van der Waals surface area contributed by atoms with Crippen LogP contribution in [0.5, 0.6) is 0 Å². The Morgan fingerprint density at radius 3 is 2.55 bits per heavy atom. The zero-order valence-electron chi connectivity index (χ0n) is 11.3. The second kappa shape index (κ2) is 4.80. The van der Waals surface area contributed by atoms with Gasteiger partial charge in [-0.1, -0.05) is 43.3 Å². The third kappa shape index (κ3) is 2.27. The van der Waals surface area contributed by atoms with E-state index < -0.39 is 0 Å². The van der Waals surface area contributed by atoms with E-state index in [2.05, 4.69) is 46.3 Å².